The highest BCUT2D eigenvalue weighted by Crippen LogP contribution is 2.32. The van der Waals surface area contributed by atoms with Gasteiger partial charge < -0.3 is 15.0 Å². The molecule has 0 saturated carbocycles. The van der Waals surface area contributed by atoms with Crippen LogP contribution in [0.2, 0.25) is 0 Å². The maximum absolute atomic E-state index is 12.1. The number of imidazole rings is 1. The van der Waals surface area contributed by atoms with Crippen molar-refractivity contribution in [3.63, 3.8) is 0 Å². The minimum atomic E-state index is -4.70. The molecule has 2 aromatic rings. The van der Waals surface area contributed by atoms with Gasteiger partial charge in [-0.1, -0.05) is 0 Å². The van der Waals surface area contributed by atoms with E-state index in [9.17, 15) is 13.2 Å². The summed E-state index contributed by atoms with van der Waals surface area (Å²) < 4.78 is 40.3. The largest absolute Gasteiger partial charge is 0.573 e. The van der Waals surface area contributed by atoms with Crippen LogP contribution in [0.25, 0.3) is 0 Å². The third-order valence-corrected chi connectivity index (χ3v) is 2.82. The lowest BCUT2D eigenvalue weighted by molar-refractivity contribution is -0.274. The number of aromatic amines is 1. The Hall–Kier alpha value is -1.70. The number of ether oxygens (including phenoxy) is 1. The van der Waals surface area contributed by atoms with Gasteiger partial charge in [0, 0.05) is 11.9 Å². The van der Waals surface area contributed by atoms with Gasteiger partial charge in [0.1, 0.15) is 5.75 Å². The molecule has 1 aromatic carbocycles. The number of alkyl halides is 3. The van der Waals surface area contributed by atoms with Crippen LogP contribution in [0.3, 0.4) is 0 Å². The molecule has 0 amide bonds. The quantitative estimate of drug-likeness (QED) is 0.895. The molecular formula is C11H9BrF3N3O. The smallest absolute Gasteiger partial charge is 0.405 e. The third-order valence-electron chi connectivity index (χ3n) is 2.20. The Morgan fingerprint density at radius 1 is 1.37 bits per heavy atom. The Kier molecular flexibility index (Phi) is 3.98. The summed E-state index contributed by atoms with van der Waals surface area (Å²) in [5, 5.41) is 3.04. The molecule has 0 fully saturated rings. The predicted molar refractivity (Wildman–Crippen MR) is 66.7 cm³/mol. The first-order chi connectivity index (χ1) is 8.94. The van der Waals surface area contributed by atoms with E-state index in [-0.39, 0.29) is 10.2 Å². The number of anilines is 1. The van der Waals surface area contributed by atoms with Gasteiger partial charge in [-0.3, -0.25) is 0 Å². The molecule has 0 unspecified atom stereocenters. The van der Waals surface area contributed by atoms with Gasteiger partial charge in [0.05, 0.1) is 23.0 Å². The zero-order valence-electron chi connectivity index (χ0n) is 9.46. The van der Waals surface area contributed by atoms with E-state index >= 15 is 0 Å². The molecule has 0 radical (unpaired) electrons. The molecule has 0 saturated heterocycles. The Morgan fingerprint density at radius 3 is 2.74 bits per heavy atom. The lowest BCUT2D eigenvalue weighted by Gasteiger charge is -2.12. The molecule has 1 aromatic heterocycles. The van der Waals surface area contributed by atoms with Gasteiger partial charge >= 0.3 is 6.36 Å². The van der Waals surface area contributed by atoms with E-state index in [1.165, 1.54) is 18.2 Å². The maximum Gasteiger partial charge on any atom is 0.573 e. The molecular weight excluding hydrogens is 327 g/mol. The monoisotopic (exact) mass is 335 g/mol. The van der Waals surface area contributed by atoms with Crippen LogP contribution in [-0.2, 0) is 6.54 Å². The van der Waals surface area contributed by atoms with Gasteiger partial charge in [0.2, 0.25) is 0 Å². The van der Waals surface area contributed by atoms with Gasteiger partial charge in [0.15, 0.2) is 0 Å². The number of aromatic nitrogens is 2. The summed E-state index contributed by atoms with van der Waals surface area (Å²) in [6.07, 6.45) is -1.50. The van der Waals surface area contributed by atoms with E-state index in [1.807, 2.05) is 0 Å². The highest BCUT2D eigenvalue weighted by molar-refractivity contribution is 9.10. The van der Waals surface area contributed by atoms with E-state index < -0.39 is 6.36 Å². The molecule has 2 rings (SSSR count). The summed E-state index contributed by atoms with van der Waals surface area (Å²) in [6, 6.07) is 4.26. The van der Waals surface area contributed by atoms with Crippen molar-refractivity contribution < 1.29 is 17.9 Å². The third kappa shape index (κ3) is 4.16. The van der Waals surface area contributed by atoms with Crippen LogP contribution in [0.5, 0.6) is 5.75 Å². The van der Waals surface area contributed by atoms with E-state index in [0.29, 0.717) is 12.2 Å². The number of hydrogen-bond acceptors (Lipinski definition) is 3. The Balaban J connectivity index is 2.02. The highest BCUT2D eigenvalue weighted by Gasteiger charge is 2.31. The molecule has 19 heavy (non-hydrogen) atoms. The van der Waals surface area contributed by atoms with Crippen molar-refractivity contribution in [2.75, 3.05) is 5.32 Å². The van der Waals surface area contributed by atoms with Crippen LogP contribution in [0.4, 0.5) is 18.9 Å². The summed E-state index contributed by atoms with van der Waals surface area (Å²) in [7, 11) is 0. The second-order valence-corrected chi connectivity index (χ2v) is 4.48. The molecule has 0 aliphatic heterocycles. The molecule has 8 heteroatoms. The zero-order valence-corrected chi connectivity index (χ0v) is 11.0. The second-order valence-electron chi connectivity index (χ2n) is 3.62. The lowest BCUT2D eigenvalue weighted by atomic mass is 10.3. The van der Waals surface area contributed by atoms with Crippen molar-refractivity contribution in [3.8, 4) is 5.75 Å². The Bertz CT molecular complexity index is 543. The fourth-order valence-electron chi connectivity index (χ4n) is 1.40. The minimum Gasteiger partial charge on any atom is -0.405 e. The Labute approximate surface area is 115 Å². The molecule has 0 aliphatic rings. The first-order valence-corrected chi connectivity index (χ1v) is 6.00. The number of H-pyrrole nitrogens is 1. The molecule has 0 atom stereocenters. The van der Waals surface area contributed by atoms with Crippen molar-refractivity contribution in [3.05, 3.63) is 40.9 Å². The highest BCUT2D eigenvalue weighted by atomic mass is 79.9. The predicted octanol–water partition coefficient (Wildman–Crippen LogP) is 3.68. The average molecular weight is 336 g/mol. The van der Waals surface area contributed by atoms with Crippen LogP contribution in [-0.4, -0.2) is 16.3 Å². The van der Waals surface area contributed by atoms with Crippen LogP contribution < -0.4 is 10.1 Å². The molecule has 0 aliphatic carbocycles. The van der Waals surface area contributed by atoms with Gasteiger partial charge in [-0.15, -0.1) is 13.2 Å². The number of hydrogen-bond donors (Lipinski definition) is 2. The lowest BCUT2D eigenvalue weighted by Crippen LogP contribution is -2.17. The van der Waals surface area contributed by atoms with Crippen LogP contribution in [0, 0.1) is 0 Å². The Morgan fingerprint density at radius 2 is 2.16 bits per heavy atom. The number of halogens is 4. The van der Waals surface area contributed by atoms with E-state index in [2.05, 4.69) is 36.0 Å². The van der Waals surface area contributed by atoms with E-state index in [4.69, 9.17) is 0 Å². The number of rotatable bonds is 4. The average Bonchev–Trinajstić information content (AvgIpc) is 2.81. The fourth-order valence-corrected chi connectivity index (χ4v) is 1.86. The summed E-state index contributed by atoms with van der Waals surface area (Å²) in [5.74, 6) is -0.278. The van der Waals surface area contributed by atoms with Crippen molar-refractivity contribution in [2.24, 2.45) is 0 Å². The topological polar surface area (TPSA) is 49.9 Å². The number of nitrogens with one attached hydrogen (secondary N) is 2. The number of nitrogens with zero attached hydrogens (tertiary/aromatic N) is 1. The van der Waals surface area contributed by atoms with E-state index in [1.54, 1.807) is 12.5 Å². The van der Waals surface area contributed by atoms with Crippen LogP contribution in [0.1, 0.15) is 5.69 Å². The van der Waals surface area contributed by atoms with Crippen LogP contribution >= 0.6 is 15.9 Å². The van der Waals surface area contributed by atoms with Gasteiger partial charge in [-0.05, 0) is 34.1 Å². The standard InChI is InChI=1S/C11H9BrF3N3O/c12-9-3-7(17-5-8-4-16-6-18-8)1-2-10(9)19-11(13,14)15/h1-4,6,17H,5H2,(H,16,18). The van der Waals surface area contributed by atoms with Gasteiger partial charge in [0.25, 0.3) is 0 Å². The SMILES string of the molecule is FC(F)(F)Oc1ccc(NCc2cnc[nH]2)cc1Br. The maximum atomic E-state index is 12.1. The normalized spacial score (nSPS) is 11.4. The second kappa shape index (κ2) is 5.52. The summed E-state index contributed by atoms with van der Waals surface area (Å²) in [6.45, 7) is 0.492. The van der Waals surface area contributed by atoms with Crippen LogP contribution in [0.15, 0.2) is 35.2 Å². The number of benzene rings is 1. The van der Waals surface area contributed by atoms with Crippen molar-refractivity contribution in [1.82, 2.24) is 9.97 Å². The van der Waals surface area contributed by atoms with Crippen molar-refractivity contribution in [1.29, 1.82) is 0 Å². The fraction of sp³-hybridized carbons (Fsp3) is 0.182. The minimum absolute atomic E-state index is 0.222. The van der Waals surface area contributed by atoms with Crippen molar-refractivity contribution in [2.45, 2.75) is 12.9 Å². The summed E-state index contributed by atoms with van der Waals surface area (Å²) >= 11 is 3.03. The first kappa shape index (κ1) is 13.7. The van der Waals surface area contributed by atoms with E-state index in [0.717, 1.165) is 5.69 Å². The summed E-state index contributed by atoms with van der Waals surface area (Å²) in [5.41, 5.74) is 1.53. The summed E-state index contributed by atoms with van der Waals surface area (Å²) in [4.78, 5) is 6.76. The zero-order chi connectivity index (χ0) is 13.9. The molecule has 4 nitrogen and oxygen atoms in total. The van der Waals surface area contributed by atoms with Crippen molar-refractivity contribution >= 4 is 21.6 Å². The molecule has 0 bridgehead atoms. The molecule has 2 N–H and O–H groups in total. The molecule has 102 valence electrons. The first-order valence-electron chi connectivity index (χ1n) is 5.20. The van der Waals surface area contributed by atoms with Gasteiger partial charge in [-0.25, -0.2) is 4.98 Å². The molecule has 1 heterocycles. The van der Waals surface area contributed by atoms with Gasteiger partial charge in [-0.2, -0.15) is 0 Å². The molecule has 0 spiro atoms.